The number of phenolic OH excluding ortho intramolecular Hbond substituents is 1. The second-order valence-corrected chi connectivity index (χ2v) is 5.94. The molecule has 0 spiro atoms. The van der Waals surface area contributed by atoms with Gasteiger partial charge in [-0.3, -0.25) is 10.1 Å². The van der Waals surface area contributed by atoms with Crippen molar-refractivity contribution in [1.82, 2.24) is 0 Å². The number of piperazine rings is 1. The lowest BCUT2D eigenvalue weighted by atomic mass is 10.1. The zero-order valence-electron chi connectivity index (χ0n) is 14.3. The topological polar surface area (TPSA) is 96.1 Å². The lowest BCUT2D eigenvalue weighted by molar-refractivity contribution is -0.384. The van der Waals surface area contributed by atoms with Crippen molar-refractivity contribution in [2.75, 3.05) is 43.1 Å². The van der Waals surface area contributed by atoms with E-state index in [2.05, 4.69) is 4.90 Å². The Balaban J connectivity index is 1.80. The molecule has 0 radical (unpaired) electrons. The van der Waals surface area contributed by atoms with E-state index in [0.717, 1.165) is 5.69 Å². The van der Waals surface area contributed by atoms with Gasteiger partial charge in [0.15, 0.2) is 0 Å². The number of hydrogen-bond acceptors (Lipinski definition) is 7. The maximum Gasteiger partial charge on any atom is 0.337 e. The predicted octanol–water partition coefficient (Wildman–Crippen LogP) is 2.41. The number of nitro groups is 1. The van der Waals surface area contributed by atoms with Crippen LogP contribution in [0.25, 0.3) is 0 Å². The largest absolute Gasteiger partial charge is 0.508 e. The third-order valence-corrected chi connectivity index (χ3v) is 4.43. The molecule has 0 aliphatic carbocycles. The number of hydrogen-bond donors (Lipinski definition) is 1. The molecule has 0 unspecified atom stereocenters. The van der Waals surface area contributed by atoms with Crippen molar-refractivity contribution in [3.8, 4) is 5.75 Å². The minimum absolute atomic E-state index is 0.0317. The van der Waals surface area contributed by atoms with Crippen LogP contribution in [-0.4, -0.2) is 49.3 Å². The van der Waals surface area contributed by atoms with Crippen molar-refractivity contribution >= 4 is 23.0 Å². The maximum absolute atomic E-state index is 11.8. The molecule has 8 nitrogen and oxygen atoms in total. The third kappa shape index (κ3) is 3.53. The smallest absolute Gasteiger partial charge is 0.337 e. The summed E-state index contributed by atoms with van der Waals surface area (Å²) in [6.07, 6.45) is 0. The molecule has 1 saturated heterocycles. The molecule has 8 heteroatoms. The highest BCUT2D eigenvalue weighted by atomic mass is 16.6. The van der Waals surface area contributed by atoms with Crippen LogP contribution in [0.3, 0.4) is 0 Å². The number of benzene rings is 2. The number of anilines is 2. The maximum atomic E-state index is 11.8. The number of phenols is 1. The Labute approximate surface area is 150 Å². The summed E-state index contributed by atoms with van der Waals surface area (Å²) in [6.45, 7) is 2.49. The highest BCUT2D eigenvalue weighted by molar-refractivity contribution is 5.91. The summed E-state index contributed by atoms with van der Waals surface area (Å²) < 4.78 is 4.71. The van der Waals surface area contributed by atoms with E-state index in [0.29, 0.717) is 31.9 Å². The van der Waals surface area contributed by atoms with Crippen LogP contribution in [0.4, 0.5) is 17.1 Å². The molecule has 1 aliphatic rings. The van der Waals surface area contributed by atoms with Crippen molar-refractivity contribution < 1.29 is 19.6 Å². The first-order valence-corrected chi connectivity index (χ1v) is 8.15. The fraction of sp³-hybridized carbons (Fsp3) is 0.278. The van der Waals surface area contributed by atoms with Gasteiger partial charge in [0.2, 0.25) is 0 Å². The first kappa shape index (κ1) is 17.5. The molecule has 2 aromatic carbocycles. The first-order valence-electron chi connectivity index (χ1n) is 8.15. The molecule has 0 bridgehead atoms. The SMILES string of the molecule is COC(=O)c1ccc([N+](=O)[O-])c(N2CCN(c3ccc(O)cc3)CC2)c1. The Bertz CT molecular complexity index is 814. The van der Waals surface area contributed by atoms with Gasteiger partial charge in [0, 0.05) is 37.9 Å². The second kappa shape index (κ2) is 7.30. The summed E-state index contributed by atoms with van der Waals surface area (Å²) in [5, 5.41) is 20.8. The van der Waals surface area contributed by atoms with Crippen LogP contribution in [-0.2, 0) is 4.74 Å². The molecule has 0 atom stereocenters. The first-order chi connectivity index (χ1) is 12.5. The number of nitro benzene ring substituents is 1. The number of rotatable bonds is 4. The Kier molecular flexibility index (Phi) is 4.92. The van der Waals surface area contributed by atoms with Gasteiger partial charge in [0.05, 0.1) is 17.6 Å². The van der Waals surface area contributed by atoms with E-state index in [1.165, 1.54) is 25.3 Å². The van der Waals surface area contributed by atoms with Gasteiger partial charge in [-0.05, 0) is 36.4 Å². The molecule has 1 fully saturated rings. The number of methoxy groups -OCH3 is 1. The molecule has 1 N–H and O–H groups in total. The molecular weight excluding hydrogens is 338 g/mol. The second-order valence-electron chi connectivity index (χ2n) is 5.94. The van der Waals surface area contributed by atoms with Crippen molar-refractivity contribution in [3.63, 3.8) is 0 Å². The van der Waals surface area contributed by atoms with Crippen LogP contribution >= 0.6 is 0 Å². The van der Waals surface area contributed by atoms with E-state index in [-0.39, 0.29) is 17.0 Å². The Morgan fingerprint density at radius 1 is 1.08 bits per heavy atom. The van der Waals surface area contributed by atoms with Crippen molar-refractivity contribution in [2.24, 2.45) is 0 Å². The minimum Gasteiger partial charge on any atom is -0.508 e. The lowest BCUT2D eigenvalue weighted by Gasteiger charge is -2.37. The van der Waals surface area contributed by atoms with Crippen molar-refractivity contribution in [1.29, 1.82) is 0 Å². The fourth-order valence-corrected chi connectivity index (χ4v) is 3.04. The van der Waals surface area contributed by atoms with Crippen LogP contribution in [0.5, 0.6) is 5.75 Å². The Morgan fingerprint density at radius 2 is 1.69 bits per heavy atom. The number of esters is 1. The molecule has 0 saturated carbocycles. The number of carbonyl (C=O) groups is 1. The standard InChI is InChI=1S/C18H19N3O5/c1-26-18(23)13-2-7-16(21(24)25)17(12-13)20-10-8-19(9-11-20)14-3-5-15(22)6-4-14/h2-7,12,22H,8-11H2,1H3. The number of carbonyl (C=O) groups excluding carboxylic acids is 1. The van der Waals surface area contributed by atoms with Gasteiger partial charge in [-0.2, -0.15) is 0 Å². The van der Waals surface area contributed by atoms with Gasteiger partial charge in [-0.15, -0.1) is 0 Å². The van der Waals surface area contributed by atoms with Crippen LogP contribution in [0.1, 0.15) is 10.4 Å². The Morgan fingerprint density at radius 3 is 2.27 bits per heavy atom. The van der Waals surface area contributed by atoms with Gasteiger partial charge < -0.3 is 19.6 Å². The van der Waals surface area contributed by atoms with E-state index < -0.39 is 10.9 Å². The van der Waals surface area contributed by atoms with Gasteiger partial charge >= 0.3 is 5.97 Å². The monoisotopic (exact) mass is 357 g/mol. The summed E-state index contributed by atoms with van der Waals surface area (Å²) in [5.74, 6) is -0.313. The molecule has 1 aliphatic heterocycles. The summed E-state index contributed by atoms with van der Waals surface area (Å²) in [7, 11) is 1.28. The van der Waals surface area contributed by atoms with Crippen LogP contribution in [0.15, 0.2) is 42.5 Å². The minimum atomic E-state index is -0.524. The van der Waals surface area contributed by atoms with Crippen molar-refractivity contribution in [2.45, 2.75) is 0 Å². The normalized spacial score (nSPS) is 14.2. The summed E-state index contributed by atoms with van der Waals surface area (Å²) in [4.78, 5) is 26.7. The van der Waals surface area contributed by atoms with E-state index >= 15 is 0 Å². The molecule has 0 amide bonds. The molecule has 0 aromatic heterocycles. The number of ether oxygens (including phenoxy) is 1. The highest BCUT2D eigenvalue weighted by Gasteiger charge is 2.25. The fourth-order valence-electron chi connectivity index (χ4n) is 3.04. The van der Waals surface area contributed by atoms with Crippen LogP contribution in [0, 0.1) is 10.1 Å². The summed E-state index contributed by atoms with van der Waals surface area (Å²) >= 11 is 0. The van der Waals surface area contributed by atoms with E-state index in [9.17, 15) is 20.0 Å². The molecule has 1 heterocycles. The summed E-state index contributed by atoms with van der Waals surface area (Å²) in [5.41, 5.74) is 1.66. The predicted molar refractivity (Wildman–Crippen MR) is 97.0 cm³/mol. The van der Waals surface area contributed by atoms with Gasteiger partial charge in [0.1, 0.15) is 11.4 Å². The number of aromatic hydroxyl groups is 1. The lowest BCUT2D eigenvalue weighted by Crippen LogP contribution is -2.46. The highest BCUT2D eigenvalue weighted by Crippen LogP contribution is 2.31. The molecular formula is C18H19N3O5. The average molecular weight is 357 g/mol. The quantitative estimate of drug-likeness (QED) is 0.510. The van der Waals surface area contributed by atoms with Gasteiger partial charge in [-0.1, -0.05) is 0 Å². The zero-order chi connectivity index (χ0) is 18.7. The molecule has 2 aromatic rings. The van der Waals surface area contributed by atoms with E-state index in [1.807, 2.05) is 17.0 Å². The van der Waals surface area contributed by atoms with Gasteiger partial charge in [-0.25, -0.2) is 4.79 Å². The molecule has 26 heavy (non-hydrogen) atoms. The van der Waals surface area contributed by atoms with E-state index in [4.69, 9.17) is 4.74 Å². The molecule has 3 rings (SSSR count). The third-order valence-electron chi connectivity index (χ3n) is 4.43. The zero-order valence-corrected chi connectivity index (χ0v) is 14.3. The Hall–Kier alpha value is -3.29. The average Bonchev–Trinajstić information content (AvgIpc) is 2.67. The summed E-state index contributed by atoms with van der Waals surface area (Å²) in [6, 6.07) is 11.2. The number of nitrogens with zero attached hydrogens (tertiary/aromatic N) is 3. The molecule has 136 valence electrons. The van der Waals surface area contributed by atoms with Crippen LogP contribution in [0.2, 0.25) is 0 Å². The van der Waals surface area contributed by atoms with Crippen molar-refractivity contribution in [3.05, 3.63) is 58.1 Å². The van der Waals surface area contributed by atoms with Crippen LogP contribution < -0.4 is 9.80 Å². The van der Waals surface area contributed by atoms with Gasteiger partial charge in [0.25, 0.3) is 5.69 Å². The van der Waals surface area contributed by atoms with E-state index in [1.54, 1.807) is 12.1 Å².